The Kier molecular flexibility index (Phi) is 5.55. The van der Waals surface area contributed by atoms with Crippen LogP contribution in [0.3, 0.4) is 0 Å². The summed E-state index contributed by atoms with van der Waals surface area (Å²) < 4.78 is 4.60. The van der Waals surface area contributed by atoms with Crippen molar-refractivity contribution in [3.63, 3.8) is 0 Å². The van der Waals surface area contributed by atoms with Crippen LogP contribution >= 0.6 is 11.3 Å². The number of amides is 2. The average molecular weight is 387 g/mol. The molecule has 0 saturated carbocycles. The van der Waals surface area contributed by atoms with Gasteiger partial charge in [0.05, 0.1) is 25.1 Å². The molecule has 1 unspecified atom stereocenters. The van der Waals surface area contributed by atoms with Crippen LogP contribution in [0.2, 0.25) is 0 Å². The minimum absolute atomic E-state index is 0.0607. The molecule has 1 N–H and O–H groups in total. The van der Waals surface area contributed by atoms with E-state index in [-0.39, 0.29) is 30.6 Å². The van der Waals surface area contributed by atoms with Crippen molar-refractivity contribution in [2.45, 2.75) is 26.7 Å². The van der Waals surface area contributed by atoms with Gasteiger partial charge in [0.25, 0.3) is 0 Å². The van der Waals surface area contributed by atoms with E-state index in [0.29, 0.717) is 17.4 Å². The lowest BCUT2D eigenvalue weighted by Gasteiger charge is -2.20. The summed E-state index contributed by atoms with van der Waals surface area (Å²) >= 11 is 1.24. The molecule has 3 rings (SSSR count). The third-order valence-corrected chi connectivity index (χ3v) is 5.50. The van der Waals surface area contributed by atoms with Gasteiger partial charge in [-0.2, -0.15) is 0 Å². The van der Waals surface area contributed by atoms with Crippen molar-refractivity contribution in [1.82, 2.24) is 4.98 Å². The molecule has 1 atom stereocenters. The first-order chi connectivity index (χ1) is 12.9. The smallest absolute Gasteiger partial charge is 0.311 e. The third-order valence-electron chi connectivity index (χ3n) is 4.70. The van der Waals surface area contributed by atoms with E-state index in [1.54, 1.807) is 10.3 Å². The molecule has 1 aromatic carbocycles. The molecular formula is C19H21N3O4S. The van der Waals surface area contributed by atoms with Crippen LogP contribution in [0.4, 0.5) is 10.8 Å². The predicted molar refractivity (Wildman–Crippen MR) is 103 cm³/mol. The molecule has 1 fully saturated rings. The summed E-state index contributed by atoms with van der Waals surface area (Å²) in [6.07, 6.45) is 0.227. The average Bonchev–Trinajstić information content (AvgIpc) is 3.23. The number of rotatable bonds is 5. The van der Waals surface area contributed by atoms with Gasteiger partial charge in [-0.1, -0.05) is 12.1 Å². The molecule has 0 radical (unpaired) electrons. The van der Waals surface area contributed by atoms with Crippen molar-refractivity contribution < 1.29 is 19.1 Å². The van der Waals surface area contributed by atoms with E-state index in [9.17, 15) is 14.4 Å². The number of aryl methyl sites for hydroxylation is 1. The number of thiazole rings is 1. The third kappa shape index (κ3) is 4.16. The molecule has 0 spiro atoms. The Bertz CT molecular complexity index is 893. The number of anilines is 2. The summed E-state index contributed by atoms with van der Waals surface area (Å²) in [5.74, 6) is -1.13. The summed E-state index contributed by atoms with van der Waals surface area (Å²) in [6.45, 7) is 4.32. The number of hydrogen-bond donors (Lipinski definition) is 1. The van der Waals surface area contributed by atoms with Crippen molar-refractivity contribution in [3.8, 4) is 0 Å². The number of benzene rings is 1. The van der Waals surface area contributed by atoms with Crippen LogP contribution < -0.4 is 10.2 Å². The lowest BCUT2D eigenvalue weighted by Crippen LogP contribution is -2.28. The number of methoxy groups -OCH3 is 1. The fourth-order valence-electron chi connectivity index (χ4n) is 3.02. The highest BCUT2D eigenvalue weighted by Crippen LogP contribution is 2.30. The normalized spacial score (nSPS) is 16.5. The van der Waals surface area contributed by atoms with Crippen molar-refractivity contribution in [2.75, 3.05) is 23.9 Å². The summed E-state index contributed by atoms with van der Waals surface area (Å²) in [5.41, 5.74) is 3.54. The van der Waals surface area contributed by atoms with Gasteiger partial charge in [-0.15, -0.1) is 11.3 Å². The van der Waals surface area contributed by atoms with Gasteiger partial charge < -0.3 is 15.0 Å². The van der Waals surface area contributed by atoms with Gasteiger partial charge in [0.15, 0.2) is 5.13 Å². The van der Waals surface area contributed by atoms with Crippen LogP contribution in [-0.4, -0.2) is 36.4 Å². The summed E-state index contributed by atoms with van der Waals surface area (Å²) in [4.78, 5) is 42.2. The van der Waals surface area contributed by atoms with Gasteiger partial charge >= 0.3 is 5.97 Å². The van der Waals surface area contributed by atoms with E-state index in [4.69, 9.17) is 0 Å². The Morgan fingerprint density at radius 2 is 2.15 bits per heavy atom. The lowest BCUT2D eigenvalue weighted by atomic mass is 10.1. The SMILES string of the molecule is COC(=O)Cc1csc(NC(=O)C2CC(=O)N(c3cccc(C)c3C)C2)n1. The Morgan fingerprint density at radius 1 is 1.37 bits per heavy atom. The number of carbonyl (C=O) groups excluding carboxylic acids is 3. The number of ether oxygens (including phenoxy) is 1. The van der Waals surface area contributed by atoms with Gasteiger partial charge in [0.1, 0.15) is 0 Å². The monoisotopic (exact) mass is 387 g/mol. The highest BCUT2D eigenvalue weighted by atomic mass is 32.1. The molecule has 2 amide bonds. The maximum atomic E-state index is 12.6. The zero-order valence-corrected chi connectivity index (χ0v) is 16.3. The fraction of sp³-hybridized carbons (Fsp3) is 0.368. The second kappa shape index (κ2) is 7.87. The fourth-order valence-corrected chi connectivity index (χ4v) is 3.73. The van der Waals surface area contributed by atoms with E-state index < -0.39 is 5.92 Å². The van der Waals surface area contributed by atoms with Crippen LogP contribution in [0.5, 0.6) is 0 Å². The van der Waals surface area contributed by atoms with Crippen molar-refractivity contribution in [3.05, 3.63) is 40.4 Å². The van der Waals surface area contributed by atoms with Crippen molar-refractivity contribution in [1.29, 1.82) is 0 Å². The first-order valence-corrected chi connectivity index (χ1v) is 9.45. The molecule has 0 bridgehead atoms. The Labute approximate surface area is 161 Å². The maximum Gasteiger partial charge on any atom is 0.311 e. The van der Waals surface area contributed by atoms with Crippen LogP contribution in [0.15, 0.2) is 23.6 Å². The van der Waals surface area contributed by atoms with Gasteiger partial charge in [0, 0.05) is 24.0 Å². The lowest BCUT2D eigenvalue weighted by molar-refractivity contribution is -0.139. The number of nitrogens with one attached hydrogen (secondary N) is 1. The Morgan fingerprint density at radius 3 is 2.89 bits per heavy atom. The Balaban J connectivity index is 1.66. The molecule has 27 heavy (non-hydrogen) atoms. The molecule has 1 aliphatic heterocycles. The summed E-state index contributed by atoms with van der Waals surface area (Å²) in [5, 5.41) is 4.87. The van der Waals surface area contributed by atoms with Gasteiger partial charge in [-0.05, 0) is 31.0 Å². The standard InChI is InChI=1S/C19H21N3O4S/c1-11-5-4-6-15(12(11)2)22-9-13(7-16(22)23)18(25)21-19-20-14(10-27-19)8-17(24)26-3/h4-6,10,13H,7-9H2,1-3H3,(H,20,21,25). The molecule has 2 aromatic rings. The second-order valence-corrected chi connectivity index (χ2v) is 7.37. The predicted octanol–water partition coefficient (Wildman–Crippen LogP) is 2.47. The van der Waals surface area contributed by atoms with E-state index in [1.165, 1.54) is 18.4 Å². The second-order valence-electron chi connectivity index (χ2n) is 6.51. The van der Waals surface area contributed by atoms with E-state index in [2.05, 4.69) is 15.0 Å². The molecule has 0 aliphatic carbocycles. The molecule has 2 heterocycles. The van der Waals surface area contributed by atoms with Gasteiger partial charge in [0.2, 0.25) is 11.8 Å². The molecule has 1 aliphatic rings. The quantitative estimate of drug-likeness (QED) is 0.796. The van der Waals surface area contributed by atoms with Gasteiger partial charge in [-0.25, -0.2) is 4.98 Å². The van der Waals surface area contributed by atoms with E-state index in [0.717, 1.165) is 16.8 Å². The van der Waals surface area contributed by atoms with E-state index >= 15 is 0 Å². The first kappa shape index (κ1) is 19.0. The molecule has 8 heteroatoms. The molecule has 1 saturated heterocycles. The number of nitrogens with zero attached hydrogens (tertiary/aromatic N) is 2. The topological polar surface area (TPSA) is 88.6 Å². The summed E-state index contributed by atoms with van der Waals surface area (Å²) in [6, 6.07) is 5.81. The van der Waals surface area contributed by atoms with Crippen LogP contribution in [-0.2, 0) is 25.5 Å². The zero-order chi connectivity index (χ0) is 19.6. The number of hydrogen-bond acceptors (Lipinski definition) is 6. The minimum atomic E-state index is -0.439. The zero-order valence-electron chi connectivity index (χ0n) is 15.4. The Hall–Kier alpha value is -2.74. The molecular weight excluding hydrogens is 366 g/mol. The van der Waals surface area contributed by atoms with E-state index in [1.807, 2.05) is 32.0 Å². The summed E-state index contributed by atoms with van der Waals surface area (Å²) in [7, 11) is 1.32. The maximum absolute atomic E-state index is 12.6. The molecule has 7 nitrogen and oxygen atoms in total. The van der Waals surface area contributed by atoms with Crippen LogP contribution in [0.25, 0.3) is 0 Å². The van der Waals surface area contributed by atoms with Crippen LogP contribution in [0, 0.1) is 19.8 Å². The highest BCUT2D eigenvalue weighted by Gasteiger charge is 2.36. The molecule has 1 aromatic heterocycles. The molecule has 142 valence electrons. The number of carbonyl (C=O) groups is 3. The van der Waals surface area contributed by atoms with Crippen LogP contribution in [0.1, 0.15) is 23.2 Å². The number of aromatic nitrogens is 1. The van der Waals surface area contributed by atoms with Gasteiger partial charge in [-0.3, -0.25) is 14.4 Å². The van der Waals surface area contributed by atoms with Crippen molar-refractivity contribution in [2.24, 2.45) is 5.92 Å². The minimum Gasteiger partial charge on any atom is -0.469 e. The largest absolute Gasteiger partial charge is 0.469 e. The van der Waals surface area contributed by atoms with Crippen molar-refractivity contribution >= 4 is 39.9 Å². The first-order valence-electron chi connectivity index (χ1n) is 8.57. The number of esters is 1. The highest BCUT2D eigenvalue weighted by molar-refractivity contribution is 7.13.